The van der Waals surface area contributed by atoms with Crippen LogP contribution in [-0.4, -0.2) is 80.4 Å². The number of cyclic esters (lactones) is 1. The van der Waals surface area contributed by atoms with E-state index in [1.165, 1.54) is 4.90 Å². The zero-order chi connectivity index (χ0) is 25.7. The number of nitrogens with one attached hydrogen (secondary N) is 2. The molecule has 2 heterocycles. The Morgan fingerprint density at radius 3 is 2.71 bits per heavy atom. The summed E-state index contributed by atoms with van der Waals surface area (Å²) < 4.78 is 11.0. The van der Waals surface area contributed by atoms with E-state index in [1.54, 1.807) is 21.2 Å². The number of rotatable bonds is 10. The maximum atomic E-state index is 12.6. The normalized spacial score (nSPS) is 16.6. The largest absolute Gasteiger partial charge is 0.496 e. The molecule has 0 radical (unpaired) electrons. The van der Waals surface area contributed by atoms with Gasteiger partial charge in [-0.05, 0) is 38.7 Å². The molecule has 192 valence electrons. The van der Waals surface area contributed by atoms with Gasteiger partial charge in [-0.3, -0.25) is 9.69 Å². The Morgan fingerprint density at radius 1 is 1.37 bits per heavy atom. The first-order valence-electron chi connectivity index (χ1n) is 11.8. The third-order valence-corrected chi connectivity index (χ3v) is 6.62. The van der Waals surface area contributed by atoms with Crippen molar-refractivity contribution in [2.45, 2.75) is 39.7 Å². The molecule has 2 aliphatic rings. The summed E-state index contributed by atoms with van der Waals surface area (Å²) in [6.07, 6.45) is 3.30. The zero-order valence-corrected chi connectivity index (χ0v) is 21.2. The molecular weight excluding hydrogens is 452 g/mol. The lowest BCUT2D eigenvalue weighted by Gasteiger charge is -2.21. The number of hydrogen-bond donors (Lipinski definition) is 3. The molecule has 1 aromatic rings. The lowest BCUT2D eigenvalue weighted by Crippen LogP contribution is -2.29. The number of methoxy groups -OCH3 is 1. The van der Waals surface area contributed by atoms with Crippen molar-refractivity contribution in [2.24, 2.45) is 5.92 Å². The Hall–Kier alpha value is -3.11. The van der Waals surface area contributed by atoms with Gasteiger partial charge in [0.05, 0.1) is 24.3 Å². The number of urea groups is 1. The molecule has 2 aliphatic heterocycles. The molecule has 1 fully saturated rings. The quantitative estimate of drug-likeness (QED) is 0.340. The Labute approximate surface area is 206 Å². The van der Waals surface area contributed by atoms with Crippen molar-refractivity contribution in [3.05, 3.63) is 33.9 Å². The van der Waals surface area contributed by atoms with Crippen LogP contribution in [0.15, 0.2) is 11.6 Å². The summed E-state index contributed by atoms with van der Waals surface area (Å²) in [6.45, 7) is 7.29. The minimum atomic E-state index is -0.808. The minimum Gasteiger partial charge on any atom is -0.496 e. The van der Waals surface area contributed by atoms with Gasteiger partial charge in [-0.25, -0.2) is 9.59 Å². The number of nitrogens with zero attached hydrogens (tertiary/aromatic N) is 2. The monoisotopic (exact) mass is 488 g/mol. The van der Waals surface area contributed by atoms with Crippen molar-refractivity contribution < 1.29 is 29.0 Å². The minimum absolute atomic E-state index is 0.128. The Balaban J connectivity index is 1.87. The summed E-state index contributed by atoms with van der Waals surface area (Å²) in [6, 6.07) is -0.373. The molecular formula is C25H36N4O6. The molecule has 3 N–H and O–H groups in total. The predicted molar refractivity (Wildman–Crippen MR) is 132 cm³/mol. The molecule has 2 amide bonds. The highest BCUT2D eigenvalue weighted by Gasteiger charge is 2.33. The molecule has 1 saturated heterocycles. The summed E-state index contributed by atoms with van der Waals surface area (Å²) in [4.78, 5) is 40.6. The SMILES string of the molecule is COc1c(C)c2c(c(NC(=O)N(C)C)c1C/C=C(\C)CC(CCN1CCNC1)C(=O)O)C(=O)OC2. The summed E-state index contributed by atoms with van der Waals surface area (Å²) in [5.74, 6) is -1.20. The molecule has 0 bridgehead atoms. The highest BCUT2D eigenvalue weighted by molar-refractivity contribution is 6.05. The molecule has 1 atom stereocenters. The molecule has 1 aromatic carbocycles. The average Bonchev–Trinajstić information content (AvgIpc) is 3.46. The van der Waals surface area contributed by atoms with Gasteiger partial charge in [0, 0.05) is 51.5 Å². The zero-order valence-electron chi connectivity index (χ0n) is 21.2. The van der Waals surface area contributed by atoms with Crippen LogP contribution in [0.25, 0.3) is 0 Å². The van der Waals surface area contributed by atoms with E-state index in [9.17, 15) is 19.5 Å². The number of ether oxygens (including phenoxy) is 2. The summed E-state index contributed by atoms with van der Waals surface area (Å²) in [5, 5.41) is 15.8. The van der Waals surface area contributed by atoms with Gasteiger partial charge in [0.25, 0.3) is 0 Å². The van der Waals surface area contributed by atoms with E-state index in [4.69, 9.17) is 9.47 Å². The number of fused-ring (bicyclic) bond motifs is 1. The predicted octanol–water partition coefficient (Wildman–Crippen LogP) is 2.60. The van der Waals surface area contributed by atoms with Crippen molar-refractivity contribution in [1.82, 2.24) is 15.1 Å². The highest BCUT2D eigenvalue weighted by atomic mass is 16.5. The van der Waals surface area contributed by atoms with Crippen LogP contribution in [0, 0.1) is 12.8 Å². The van der Waals surface area contributed by atoms with E-state index in [1.807, 2.05) is 19.9 Å². The van der Waals surface area contributed by atoms with E-state index in [0.717, 1.165) is 37.4 Å². The van der Waals surface area contributed by atoms with Gasteiger partial charge < -0.3 is 30.1 Å². The molecule has 0 spiro atoms. The highest BCUT2D eigenvalue weighted by Crippen LogP contribution is 2.41. The van der Waals surface area contributed by atoms with Gasteiger partial charge in [-0.1, -0.05) is 11.6 Å². The fraction of sp³-hybridized carbons (Fsp3) is 0.560. The van der Waals surface area contributed by atoms with Gasteiger partial charge in [0.15, 0.2) is 0 Å². The van der Waals surface area contributed by atoms with Gasteiger partial charge >= 0.3 is 18.0 Å². The van der Waals surface area contributed by atoms with Crippen LogP contribution < -0.4 is 15.4 Å². The molecule has 1 unspecified atom stereocenters. The maximum Gasteiger partial charge on any atom is 0.341 e. The van der Waals surface area contributed by atoms with Crippen molar-refractivity contribution in [3.63, 3.8) is 0 Å². The number of benzene rings is 1. The van der Waals surface area contributed by atoms with Crippen LogP contribution in [0.3, 0.4) is 0 Å². The Bertz CT molecular complexity index is 1010. The number of anilines is 1. The van der Waals surface area contributed by atoms with Crippen molar-refractivity contribution in [2.75, 3.05) is 52.8 Å². The standard InChI is InChI=1S/C25H36N4O6/c1-15(12-17(23(30)31)8-10-29-11-9-26-14-29)6-7-18-21(27-25(33)28(3)4)20-19(13-35-24(20)32)16(2)22(18)34-5/h6,17,26H,7-14H2,1-5H3,(H,27,33)(H,30,31)/b15-6+. The number of esters is 1. The maximum absolute atomic E-state index is 12.6. The van der Waals surface area contributed by atoms with Crippen LogP contribution in [0.4, 0.5) is 10.5 Å². The molecule has 3 rings (SSSR count). The second kappa shape index (κ2) is 11.5. The van der Waals surface area contributed by atoms with E-state index in [0.29, 0.717) is 47.4 Å². The second-order valence-corrected chi connectivity index (χ2v) is 9.32. The topological polar surface area (TPSA) is 120 Å². The summed E-state index contributed by atoms with van der Waals surface area (Å²) in [5.41, 5.74) is 3.80. The summed E-state index contributed by atoms with van der Waals surface area (Å²) >= 11 is 0. The van der Waals surface area contributed by atoms with Crippen LogP contribution in [0.1, 0.15) is 46.8 Å². The number of hydrogen-bond acceptors (Lipinski definition) is 7. The van der Waals surface area contributed by atoms with E-state index < -0.39 is 17.9 Å². The Morgan fingerprint density at radius 2 is 2.11 bits per heavy atom. The average molecular weight is 489 g/mol. The third kappa shape index (κ3) is 6.12. The van der Waals surface area contributed by atoms with E-state index >= 15 is 0 Å². The number of aliphatic carboxylic acids is 1. The van der Waals surface area contributed by atoms with Gasteiger partial charge in [0.2, 0.25) is 0 Å². The molecule has 0 aliphatic carbocycles. The lowest BCUT2D eigenvalue weighted by molar-refractivity contribution is -0.142. The third-order valence-electron chi connectivity index (χ3n) is 6.62. The number of carboxylic acid groups (broad SMARTS) is 1. The molecule has 35 heavy (non-hydrogen) atoms. The summed E-state index contributed by atoms with van der Waals surface area (Å²) in [7, 11) is 4.79. The van der Waals surface area contributed by atoms with Gasteiger partial charge in [0.1, 0.15) is 12.4 Å². The Kier molecular flexibility index (Phi) is 8.74. The van der Waals surface area contributed by atoms with Crippen LogP contribution >= 0.6 is 0 Å². The number of carboxylic acids is 1. The fourth-order valence-corrected chi connectivity index (χ4v) is 4.55. The number of allylic oxidation sites excluding steroid dienone is 2. The van der Waals surface area contributed by atoms with E-state index in [-0.39, 0.29) is 12.6 Å². The molecule has 10 heteroatoms. The lowest BCUT2D eigenvalue weighted by atomic mass is 9.92. The van der Waals surface area contributed by atoms with Crippen LogP contribution in [0.2, 0.25) is 0 Å². The molecule has 0 aromatic heterocycles. The fourth-order valence-electron chi connectivity index (χ4n) is 4.55. The van der Waals surface area contributed by atoms with Crippen LogP contribution in [-0.2, 0) is 22.6 Å². The molecule has 10 nitrogen and oxygen atoms in total. The van der Waals surface area contributed by atoms with E-state index in [2.05, 4.69) is 15.5 Å². The van der Waals surface area contributed by atoms with Crippen molar-refractivity contribution in [3.8, 4) is 5.75 Å². The smallest absolute Gasteiger partial charge is 0.341 e. The van der Waals surface area contributed by atoms with Gasteiger partial charge in [-0.15, -0.1) is 0 Å². The number of carbonyl (C=O) groups excluding carboxylic acids is 2. The second-order valence-electron chi connectivity index (χ2n) is 9.32. The van der Waals surface area contributed by atoms with Gasteiger partial charge in [-0.2, -0.15) is 0 Å². The van der Waals surface area contributed by atoms with Crippen molar-refractivity contribution in [1.29, 1.82) is 0 Å². The first-order chi connectivity index (χ1) is 16.6. The number of carbonyl (C=O) groups is 3. The van der Waals surface area contributed by atoms with Crippen LogP contribution in [0.5, 0.6) is 5.75 Å². The first kappa shape index (κ1) is 26.5. The first-order valence-corrected chi connectivity index (χ1v) is 11.8. The van der Waals surface area contributed by atoms with Crippen molar-refractivity contribution >= 4 is 23.7 Å². The number of amides is 2. The molecule has 0 saturated carbocycles.